The van der Waals surface area contributed by atoms with E-state index >= 15 is 0 Å². The van der Waals surface area contributed by atoms with Crippen molar-refractivity contribution in [1.82, 2.24) is 10.3 Å². The van der Waals surface area contributed by atoms with Gasteiger partial charge < -0.3 is 10.1 Å². The van der Waals surface area contributed by atoms with Gasteiger partial charge in [-0.1, -0.05) is 23.2 Å². The van der Waals surface area contributed by atoms with Crippen molar-refractivity contribution < 1.29 is 4.74 Å². The first kappa shape index (κ1) is 14.6. The van der Waals surface area contributed by atoms with E-state index in [1.54, 1.807) is 19.4 Å². The van der Waals surface area contributed by atoms with Gasteiger partial charge in [-0.15, -0.1) is 0 Å². The van der Waals surface area contributed by atoms with E-state index in [0.717, 1.165) is 23.2 Å². The van der Waals surface area contributed by atoms with Crippen molar-refractivity contribution in [2.24, 2.45) is 0 Å². The molecule has 0 amide bonds. The van der Waals surface area contributed by atoms with E-state index in [4.69, 9.17) is 27.9 Å². The summed E-state index contributed by atoms with van der Waals surface area (Å²) in [5, 5.41) is 4.62. The van der Waals surface area contributed by atoms with Crippen LogP contribution in [0, 0.1) is 0 Å². The van der Waals surface area contributed by atoms with Gasteiger partial charge in [0, 0.05) is 42.2 Å². The largest absolute Gasteiger partial charge is 0.495 e. The van der Waals surface area contributed by atoms with E-state index in [2.05, 4.69) is 16.4 Å². The fraction of sp³-hybridized carbons (Fsp3) is 0.312. The Bertz CT molecular complexity index is 657. The van der Waals surface area contributed by atoms with Gasteiger partial charge in [-0.2, -0.15) is 0 Å². The standard InChI is InChI=1S/C16H16Cl2N2O/c1-21-16-6-14(17)13(5-15(16)18)11-4-10(7-19-9-11)8-20-12-2-3-12/h4-7,9,12,20H,2-3,8H2,1H3. The van der Waals surface area contributed by atoms with Crippen LogP contribution >= 0.6 is 23.2 Å². The van der Waals surface area contributed by atoms with Gasteiger partial charge in [0.2, 0.25) is 0 Å². The number of pyridine rings is 1. The topological polar surface area (TPSA) is 34.1 Å². The van der Waals surface area contributed by atoms with Crippen LogP contribution in [-0.2, 0) is 6.54 Å². The first-order chi connectivity index (χ1) is 10.2. The molecule has 21 heavy (non-hydrogen) atoms. The van der Waals surface area contributed by atoms with Gasteiger partial charge in [0.15, 0.2) is 0 Å². The maximum absolute atomic E-state index is 6.32. The molecule has 0 bridgehead atoms. The van der Waals surface area contributed by atoms with Crippen molar-refractivity contribution in [2.45, 2.75) is 25.4 Å². The lowest BCUT2D eigenvalue weighted by Crippen LogP contribution is -2.15. The number of hydrogen-bond acceptors (Lipinski definition) is 3. The van der Waals surface area contributed by atoms with E-state index in [1.807, 2.05) is 12.3 Å². The molecule has 0 spiro atoms. The summed E-state index contributed by atoms with van der Waals surface area (Å²) < 4.78 is 5.17. The zero-order valence-electron chi connectivity index (χ0n) is 11.7. The number of hydrogen-bond donors (Lipinski definition) is 1. The molecule has 0 atom stereocenters. The Morgan fingerprint density at radius 2 is 2.00 bits per heavy atom. The maximum atomic E-state index is 6.32. The second-order valence-corrected chi connectivity index (χ2v) is 6.02. The Morgan fingerprint density at radius 1 is 1.19 bits per heavy atom. The normalized spacial score (nSPS) is 14.2. The number of rotatable bonds is 5. The summed E-state index contributed by atoms with van der Waals surface area (Å²) in [7, 11) is 1.57. The average molecular weight is 323 g/mol. The van der Waals surface area contributed by atoms with Crippen LogP contribution in [0.4, 0.5) is 0 Å². The second kappa shape index (κ2) is 6.22. The first-order valence-electron chi connectivity index (χ1n) is 6.88. The third-order valence-electron chi connectivity index (χ3n) is 3.52. The molecule has 0 saturated heterocycles. The van der Waals surface area contributed by atoms with E-state index in [9.17, 15) is 0 Å². The van der Waals surface area contributed by atoms with Gasteiger partial charge in [-0.3, -0.25) is 4.98 Å². The molecular weight excluding hydrogens is 307 g/mol. The molecule has 0 unspecified atom stereocenters. The molecule has 3 rings (SSSR count). The molecular formula is C16H16Cl2N2O. The molecule has 1 saturated carbocycles. The summed E-state index contributed by atoms with van der Waals surface area (Å²) >= 11 is 12.5. The van der Waals surface area contributed by atoms with Crippen LogP contribution in [-0.4, -0.2) is 18.1 Å². The minimum Gasteiger partial charge on any atom is -0.495 e. The minimum absolute atomic E-state index is 0.540. The Balaban J connectivity index is 1.88. The second-order valence-electron chi connectivity index (χ2n) is 5.20. The van der Waals surface area contributed by atoms with Gasteiger partial charge in [0.1, 0.15) is 5.75 Å². The van der Waals surface area contributed by atoms with Gasteiger partial charge in [0.25, 0.3) is 0 Å². The van der Waals surface area contributed by atoms with Crippen LogP contribution in [0.3, 0.4) is 0 Å². The Kier molecular flexibility index (Phi) is 4.34. The lowest BCUT2D eigenvalue weighted by Gasteiger charge is -2.10. The van der Waals surface area contributed by atoms with Crippen molar-refractivity contribution in [1.29, 1.82) is 0 Å². The van der Waals surface area contributed by atoms with Crippen molar-refractivity contribution >= 4 is 23.2 Å². The fourth-order valence-electron chi connectivity index (χ4n) is 2.19. The van der Waals surface area contributed by atoms with Crippen molar-refractivity contribution in [3.8, 4) is 16.9 Å². The van der Waals surface area contributed by atoms with Gasteiger partial charge in [-0.05, 0) is 30.5 Å². The van der Waals surface area contributed by atoms with Crippen LogP contribution < -0.4 is 10.1 Å². The molecule has 2 aromatic rings. The summed E-state index contributed by atoms with van der Waals surface area (Å²) in [4.78, 5) is 4.30. The molecule has 0 radical (unpaired) electrons. The third-order valence-corrected chi connectivity index (χ3v) is 4.13. The van der Waals surface area contributed by atoms with E-state index in [-0.39, 0.29) is 0 Å². The summed E-state index contributed by atoms with van der Waals surface area (Å²) in [6, 6.07) is 6.31. The Hall–Kier alpha value is -1.29. The molecule has 1 aromatic heterocycles. The van der Waals surface area contributed by atoms with E-state index in [0.29, 0.717) is 21.8 Å². The molecule has 1 N–H and O–H groups in total. The van der Waals surface area contributed by atoms with Gasteiger partial charge in [0.05, 0.1) is 17.2 Å². The molecule has 5 heteroatoms. The van der Waals surface area contributed by atoms with Crippen LogP contribution in [0.25, 0.3) is 11.1 Å². The smallest absolute Gasteiger partial charge is 0.138 e. The molecule has 1 aliphatic rings. The highest BCUT2D eigenvalue weighted by atomic mass is 35.5. The average Bonchev–Trinajstić information content (AvgIpc) is 3.31. The van der Waals surface area contributed by atoms with Gasteiger partial charge >= 0.3 is 0 Å². The molecule has 1 aromatic carbocycles. The number of halogens is 2. The summed E-state index contributed by atoms with van der Waals surface area (Å²) in [5.41, 5.74) is 2.96. The highest BCUT2D eigenvalue weighted by Gasteiger charge is 2.20. The van der Waals surface area contributed by atoms with E-state index in [1.165, 1.54) is 12.8 Å². The lowest BCUT2D eigenvalue weighted by molar-refractivity contribution is 0.415. The zero-order valence-corrected chi connectivity index (χ0v) is 13.2. The molecule has 110 valence electrons. The molecule has 3 nitrogen and oxygen atoms in total. The number of aromatic nitrogens is 1. The third kappa shape index (κ3) is 3.49. The lowest BCUT2D eigenvalue weighted by atomic mass is 10.1. The van der Waals surface area contributed by atoms with Crippen molar-refractivity contribution in [3.05, 3.63) is 46.2 Å². The quantitative estimate of drug-likeness (QED) is 0.890. The van der Waals surface area contributed by atoms with Crippen LogP contribution in [0.5, 0.6) is 5.75 Å². The summed E-state index contributed by atoms with van der Waals surface area (Å²) in [6.07, 6.45) is 6.21. The first-order valence-corrected chi connectivity index (χ1v) is 7.63. The summed E-state index contributed by atoms with van der Waals surface area (Å²) in [6.45, 7) is 0.826. The molecule has 1 heterocycles. The number of nitrogens with one attached hydrogen (secondary N) is 1. The molecule has 0 aliphatic heterocycles. The highest BCUT2D eigenvalue weighted by molar-refractivity contribution is 6.36. The van der Waals surface area contributed by atoms with E-state index < -0.39 is 0 Å². The predicted octanol–water partition coefficient (Wildman–Crippen LogP) is 4.32. The Labute approximate surface area is 134 Å². The minimum atomic E-state index is 0.540. The van der Waals surface area contributed by atoms with Crippen LogP contribution in [0.1, 0.15) is 18.4 Å². The number of nitrogens with zero attached hydrogens (tertiary/aromatic N) is 1. The number of ether oxygens (including phenoxy) is 1. The van der Waals surface area contributed by atoms with Crippen molar-refractivity contribution in [2.75, 3.05) is 7.11 Å². The Morgan fingerprint density at radius 3 is 2.71 bits per heavy atom. The monoisotopic (exact) mass is 322 g/mol. The van der Waals surface area contributed by atoms with Crippen LogP contribution in [0.15, 0.2) is 30.6 Å². The molecule has 1 fully saturated rings. The molecule has 1 aliphatic carbocycles. The van der Waals surface area contributed by atoms with Crippen LogP contribution in [0.2, 0.25) is 10.0 Å². The predicted molar refractivity (Wildman–Crippen MR) is 86.1 cm³/mol. The van der Waals surface area contributed by atoms with Gasteiger partial charge in [-0.25, -0.2) is 0 Å². The maximum Gasteiger partial charge on any atom is 0.138 e. The van der Waals surface area contributed by atoms with Crippen molar-refractivity contribution in [3.63, 3.8) is 0 Å². The SMILES string of the molecule is COc1cc(Cl)c(-c2cncc(CNC3CC3)c2)cc1Cl. The summed E-state index contributed by atoms with van der Waals surface area (Å²) in [5.74, 6) is 0.574. The fourth-order valence-corrected chi connectivity index (χ4v) is 2.69. The number of benzene rings is 1. The highest BCUT2D eigenvalue weighted by Crippen LogP contribution is 2.36. The zero-order chi connectivity index (χ0) is 14.8. The number of methoxy groups -OCH3 is 1.